The van der Waals surface area contributed by atoms with Gasteiger partial charge in [-0.3, -0.25) is 4.79 Å². The van der Waals surface area contributed by atoms with Crippen molar-refractivity contribution >= 4 is 32.5 Å². The van der Waals surface area contributed by atoms with Gasteiger partial charge >= 0.3 is 5.97 Å². The first kappa shape index (κ1) is 22.1. The van der Waals surface area contributed by atoms with E-state index in [2.05, 4.69) is 5.32 Å². The van der Waals surface area contributed by atoms with E-state index in [1.807, 2.05) is 6.07 Å². The van der Waals surface area contributed by atoms with E-state index >= 15 is 0 Å². The fourth-order valence-corrected chi connectivity index (χ4v) is 4.02. The highest BCUT2D eigenvalue weighted by Gasteiger charge is 2.22. The highest BCUT2D eigenvalue weighted by molar-refractivity contribution is 7.91. The number of benzene rings is 2. The third kappa shape index (κ3) is 4.44. The number of nitrogens with one attached hydrogen (secondary N) is 1. The molecule has 2 N–H and O–H groups in total. The predicted molar refractivity (Wildman–Crippen MR) is 115 cm³/mol. The second kappa shape index (κ2) is 8.62. The molecular weight excluding hydrogens is 420 g/mol. The summed E-state index contributed by atoms with van der Waals surface area (Å²) in [6, 6.07) is 11.9. The van der Waals surface area contributed by atoms with Gasteiger partial charge < -0.3 is 14.8 Å². The smallest absolute Gasteiger partial charge is 0.337 e. The van der Waals surface area contributed by atoms with Crippen molar-refractivity contribution in [1.82, 2.24) is 0 Å². The number of hydrogen-bond donors (Lipinski definition) is 2. The van der Waals surface area contributed by atoms with Crippen LogP contribution in [0.4, 0.5) is 5.69 Å². The van der Waals surface area contributed by atoms with Gasteiger partial charge in [-0.25, -0.2) is 13.2 Å². The number of aromatic carboxylic acids is 1. The molecule has 31 heavy (non-hydrogen) atoms. The van der Waals surface area contributed by atoms with E-state index in [0.29, 0.717) is 16.8 Å². The van der Waals surface area contributed by atoms with Gasteiger partial charge in [-0.1, -0.05) is 19.1 Å². The monoisotopic (exact) mass is 440 g/mol. The van der Waals surface area contributed by atoms with Gasteiger partial charge in [0.05, 0.1) is 35.2 Å². The molecule has 0 radical (unpaired) electrons. The topological polar surface area (TPSA) is 137 Å². The lowest BCUT2D eigenvalue weighted by Gasteiger charge is -2.19. The Morgan fingerprint density at radius 1 is 1.26 bits per heavy atom. The van der Waals surface area contributed by atoms with Crippen molar-refractivity contribution < 1.29 is 22.7 Å². The summed E-state index contributed by atoms with van der Waals surface area (Å²) in [5.41, 5.74) is 0.946. The maximum atomic E-state index is 12.7. The van der Waals surface area contributed by atoms with Gasteiger partial charge in [-0.2, -0.15) is 5.26 Å². The third-order valence-corrected chi connectivity index (χ3v) is 6.43. The van der Waals surface area contributed by atoms with Crippen LogP contribution in [0.25, 0.3) is 11.0 Å². The molecule has 0 aliphatic rings. The fourth-order valence-electron chi connectivity index (χ4n) is 3.24. The van der Waals surface area contributed by atoms with Crippen LogP contribution in [0.15, 0.2) is 56.8 Å². The van der Waals surface area contributed by atoms with Crippen molar-refractivity contribution in [3.8, 4) is 6.07 Å². The first-order valence-electron chi connectivity index (χ1n) is 9.47. The summed E-state index contributed by atoms with van der Waals surface area (Å²) in [6.07, 6.45) is 0.0375. The Morgan fingerprint density at radius 3 is 2.61 bits per heavy atom. The Bertz CT molecular complexity index is 1370. The number of nitriles is 1. The highest BCUT2D eigenvalue weighted by atomic mass is 32.2. The predicted octanol–water partition coefficient (Wildman–Crippen LogP) is 3.52. The summed E-state index contributed by atoms with van der Waals surface area (Å²) in [5, 5.41) is 21.3. The molecule has 0 aliphatic carbocycles. The van der Waals surface area contributed by atoms with Crippen LogP contribution in [0, 0.1) is 11.3 Å². The molecule has 0 fully saturated rings. The zero-order chi connectivity index (χ0) is 22.8. The van der Waals surface area contributed by atoms with Crippen LogP contribution < -0.4 is 10.7 Å². The van der Waals surface area contributed by atoms with Gasteiger partial charge in [0.2, 0.25) is 14.9 Å². The summed E-state index contributed by atoms with van der Waals surface area (Å²) in [4.78, 5) is 24.2. The van der Waals surface area contributed by atoms with Gasteiger partial charge in [0, 0.05) is 17.3 Å². The van der Waals surface area contributed by atoms with Crippen LogP contribution in [-0.2, 0) is 16.3 Å². The maximum Gasteiger partial charge on any atom is 0.337 e. The second-order valence-corrected chi connectivity index (χ2v) is 9.16. The number of fused-ring (bicyclic) bond motifs is 1. The van der Waals surface area contributed by atoms with Crippen LogP contribution in [0.3, 0.4) is 0 Å². The molecule has 1 atom stereocenters. The molecule has 0 bridgehead atoms. The minimum Gasteiger partial charge on any atom is -0.478 e. The van der Waals surface area contributed by atoms with Gasteiger partial charge in [-0.15, -0.1) is 0 Å². The molecule has 1 aromatic heterocycles. The molecule has 0 saturated carbocycles. The van der Waals surface area contributed by atoms with Crippen LogP contribution in [0.5, 0.6) is 0 Å². The number of para-hydroxylation sites is 1. The minimum atomic E-state index is -3.77. The van der Waals surface area contributed by atoms with Crippen LogP contribution in [0.2, 0.25) is 0 Å². The second-order valence-electron chi connectivity index (χ2n) is 6.95. The number of anilines is 1. The van der Waals surface area contributed by atoms with Crippen molar-refractivity contribution in [2.45, 2.75) is 31.4 Å². The molecule has 3 rings (SSSR count). The number of nitrogens with zero attached hydrogens (tertiary/aromatic N) is 1. The van der Waals surface area contributed by atoms with E-state index in [9.17, 15) is 23.1 Å². The van der Waals surface area contributed by atoms with E-state index in [0.717, 1.165) is 6.07 Å². The Balaban J connectivity index is 2.23. The molecule has 8 nitrogen and oxygen atoms in total. The number of sulfone groups is 1. The maximum absolute atomic E-state index is 12.7. The van der Waals surface area contributed by atoms with E-state index in [-0.39, 0.29) is 28.7 Å². The zero-order valence-corrected chi connectivity index (χ0v) is 17.7. The van der Waals surface area contributed by atoms with Crippen molar-refractivity contribution in [3.63, 3.8) is 0 Å². The first-order valence-corrected chi connectivity index (χ1v) is 11.1. The lowest BCUT2D eigenvalue weighted by Crippen LogP contribution is -2.14. The van der Waals surface area contributed by atoms with Crippen LogP contribution in [-0.4, -0.2) is 25.2 Å². The standard InChI is InChI=1S/C22H20N2O6S/c1-3-31(28,29)20-12-19(25)17-11-14(8-9-23)10-16(21(17)30-20)13(2)24-18-7-5-4-6-15(18)22(26)27/h4-7,10-13,24H,3,8H2,1-2H3,(H,26,27). The number of carbonyl (C=O) groups is 1. The average molecular weight is 440 g/mol. The Labute approximate surface area is 178 Å². The van der Waals surface area contributed by atoms with Crippen molar-refractivity contribution in [3.05, 3.63) is 69.4 Å². The van der Waals surface area contributed by atoms with Crippen LogP contribution >= 0.6 is 0 Å². The molecule has 3 aromatic rings. The molecule has 0 aliphatic heterocycles. The number of hydrogen-bond acceptors (Lipinski definition) is 7. The minimum absolute atomic E-state index is 0.0375. The Hall–Kier alpha value is -3.64. The summed E-state index contributed by atoms with van der Waals surface area (Å²) in [6.45, 7) is 3.17. The quantitative estimate of drug-likeness (QED) is 0.569. The van der Waals surface area contributed by atoms with Gasteiger partial charge in [0.15, 0.2) is 5.43 Å². The van der Waals surface area contributed by atoms with Gasteiger partial charge in [-0.05, 0) is 36.8 Å². The van der Waals surface area contributed by atoms with Gasteiger partial charge in [0.1, 0.15) is 5.58 Å². The molecule has 2 aromatic carbocycles. The van der Waals surface area contributed by atoms with Crippen LogP contribution in [0.1, 0.15) is 41.4 Å². The van der Waals surface area contributed by atoms with E-state index < -0.39 is 32.4 Å². The zero-order valence-electron chi connectivity index (χ0n) is 16.9. The highest BCUT2D eigenvalue weighted by Crippen LogP contribution is 2.30. The molecule has 9 heteroatoms. The number of carboxylic acids is 1. The molecule has 0 saturated heterocycles. The first-order chi connectivity index (χ1) is 14.7. The number of carboxylic acid groups (broad SMARTS) is 1. The van der Waals surface area contributed by atoms with Crippen molar-refractivity contribution in [1.29, 1.82) is 5.26 Å². The SMILES string of the molecule is CCS(=O)(=O)c1cc(=O)c2cc(CC#N)cc(C(C)Nc3ccccc3C(=O)O)c2o1. The molecule has 0 amide bonds. The Morgan fingerprint density at radius 2 is 1.97 bits per heavy atom. The normalized spacial score (nSPS) is 12.3. The number of rotatable bonds is 7. The van der Waals surface area contributed by atoms with Gasteiger partial charge in [0.25, 0.3) is 0 Å². The average Bonchev–Trinajstić information content (AvgIpc) is 2.74. The molecular formula is C22H20N2O6S. The third-order valence-electron chi connectivity index (χ3n) is 4.86. The van der Waals surface area contributed by atoms with E-state index in [4.69, 9.17) is 9.68 Å². The van der Waals surface area contributed by atoms with Crippen molar-refractivity contribution in [2.24, 2.45) is 0 Å². The molecule has 1 heterocycles. The molecule has 0 spiro atoms. The summed E-state index contributed by atoms with van der Waals surface area (Å²) in [5.74, 6) is -1.34. The largest absolute Gasteiger partial charge is 0.478 e. The fraction of sp³-hybridized carbons (Fsp3) is 0.227. The molecule has 160 valence electrons. The summed E-state index contributed by atoms with van der Waals surface area (Å²) < 4.78 is 30.3. The summed E-state index contributed by atoms with van der Waals surface area (Å²) in [7, 11) is -3.77. The Kier molecular flexibility index (Phi) is 6.13. The van der Waals surface area contributed by atoms with Crippen molar-refractivity contribution in [2.75, 3.05) is 11.1 Å². The molecule has 1 unspecified atom stereocenters. The van der Waals surface area contributed by atoms with E-state index in [1.54, 1.807) is 31.2 Å². The lowest BCUT2D eigenvalue weighted by molar-refractivity contribution is 0.0698. The summed E-state index contributed by atoms with van der Waals surface area (Å²) >= 11 is 0. The lowest BCUT2D eigenvalue weighted by atomic mass is 9.99. The van der Waals surface area contributed by atoms with E-state index in [1.165, 1.54) is 19.1 Å².